The molecule has 26 heavy (non-hydrogen) atoms. The Bertz CT molecular complexity index is 971. The number of nitrogens with zero attached hydrogens (tertiary/aromatic N) is 1. The highest BCUT2D eigenvalue weighted by atomic mass is 32.1. The number of carbonyl (C=O) groups excluding carboxylic acids is 1. The number of amides is 1. The van der Waals surface area contributed by atoms with Crippen LogP contribution in [-0.2, 0) is 11.4 Å². The fourth-order valence-corrected chi connectivity index (χ4v) is 3.12. The fourth-order valence-electron chi connectivity index (χ4n) is 2.46. The first-order chi connectivity index (χ1) is 12.7. The van der Waals surface area contributed by atoms with Crippen molar-refractivity contribution < 1.29 is 9.53 Å². The van der Waals surface area contributed by atoms with Crippen molar-refractivity contribution in [3.8, 4) is 11.8 Å². The highest BCUT2D eigenvalue weighted by Crippen LogP contribution is 2.24. The first-order valence-electron chi connectivity index (χ1n) is 7.92. The number of hydrogen-bond acceptors (Lipinski definition) is 4. The summed E-state index contributed by atoms with van der Waals surface area (Å²) in [5.41, 5.74) is 8.72. The van der Waals surface area contributed by atoms with Gasteiger partial charge in [0.1, 0.15) is 12.4 Å². The van der Waals surface area contributed by atoms with Crippen LogP contribution in [0.1, 0.15) is 22.3 Å². The molecule has 1 heterocycles. The maximum atomic E-state index is 11.9. The van der Waals surface area contributed by atoms with Gasteiger partial charge in [-0.3, -0.25) is 4.79 Å². The molecule has 3 rings (SSSR count). The molecule has 0 radical (unpaired) electrons. The first kappa shape index (κ1) is 17.5. The summed E-state index contributed by atoms with van der Waals surface area (Å²) < 4.78 is 5.79. The normalized spacial score (nSPS) is 11.0. The van der Waals surface area contributed by atoms with Crippen LogP contribution in [-0.4, -0.2) is 5.91 Å². The molecule has 0 unspecified atom stereocenters. The Balaban J connectivity index is 1.95. The molecule has 0 atom stereocenters. The van der Waals surface area contributed by atoms with E-state index in [1.54, 1.807) is 47.7 Å². The molecule has 0 aliphatic rings. The van der Waals surface area contributed by atoms with E-state index in [9.17, 15) is 10.1 Å². The quantitative estimate of drug-likeness (QED) is 0.528. The van der Waals surface area contributed by atoms with Crippen LogP contribution in [0.2, 0.25) is 0 Å². The highest BCUT2D eigenvalue weighted by molar-refractivity contribution is 7.07. The lowest BCUT2D eigenvalue weighted by molar-refractivity contribution is -0.112. The number of hydrogen-bond donors (Lipinski definition) is 1. The second kappa shape index (κ2) is 8.15. The van der Waals surface area contributed by atoms with Crippen LogP contribution in [0.5, 0.6) is 5.75 Å². The summed E-state index contributed by atoms with van der Waals surface area (Å²) in [6.07, 6.45) is 1.63. The molecule has 0 aliphatic carbocycles. The lowest BCUT2D eigenvalue weighted by atomic mass is 9.99. The molecule has 5 heteroatoms. The molecule has 2 N–H and O–H groups in total. The SMILES string of the molecule is N#Cc1ccc(OCc2ccsc2)cc1C=C(C(N)=O)c1ccccc1. The third-order valence-electron chi connectivity index (χ3n) is 3.78. The van der Waals surface area contributed by atoms with E-state index in [0.717, 1.165) is 5.56 Å². The number of nitrogens with two attached hydrogens (primary N) is 1. The molecule has 0 spiro atoms. The average Bonchev–Trinajstić information content (AvgIpc) is 3.18. The van der Waals surface area contributed by atoms with Gasteiger partial charge >= 0.3 is 0 Å². The standard InChI is InChI=1S/C21H16N2O2S/c22-12-17-6-7-19(25-13-15-8-9-26-14-15)10-18(17)11-20(21(23)24)16-4-2-1-3-5-16/h1-11,14H,13H2,(H2,23,24). The van der Waals surface area contributed by atoms with Crippen molar-refractivity contribution >= 4 is 28.9 Å². The van der Waals surface area contributed by atoms with Crippen LogP contribution in [0.3, 0.4) is 0 Å². The van der Waals surface area contributed by atoms with E-state index >= 15 is 0 Å². The van der Waals surface area contributed by atoms with Crippen molar-refractivity contribution in [2.45, 2.75) is 6.61 Å². The van der Waals surface area contributed by atoms with Gasteiger partial charge in [-0.15, -0.1) is 0 Å². The van der Waals surface area contributed by atoms with E-state index in [1.165, 1.54) is 0 Å². The zero-order chi connectivity index (χ0) is 18.4. The van der Waals surface area contributed by atoms with Crippen LogP contribution in [0.15, 0.2) is 65.4 Å². The molecule has 128 valence electrons. The maximum absolute atomic E-state index is 11.9. The van der Waals surface area contributed by atoms with Gasteiger partial charge in [0.15, 0.2) is 0 Å². The molecular weight excluding hydrogens is 344 g/mol. The third kappa shape index (κ3) is 4.18. The van der Waals surface area contributed by atoms with E-state index in [-0.39, 0.29) is 0 Å². The Morgan fingerprint density at radius 2 is 2.00 bits per heavy atom. The predicted molar refractivity (Wildman–Crippen MR) is 103 cm³/mol. The Morgan fingerprint density at radius 3 is 2.65 bits per heavy atom. The lowest BCUT2D eigenvalue weighted by Crippen LogP contribution is -2.12. The largest absolute Gasteiger partial charge is 0.489 e. The summed E-state index contributed by atoms with van der Waals surface area (Å²) in [5, 5.41) is 13.4. The monoisotopic (exact) mass is 360 g/mol. The highest BCUT2D eigenvalue weighted by Gasteiger charge is 2.11. The number of carbonyl (C=O) groups is 1. The van der Waals surface area contributed by atoms with Crippen LogP contribution in [0.4, 0.5) is 0 Å². The van der Waals surface area contributed by atoms with E-state index in [1.807, 2.05) is 35.0 Å². The van der Waals surface area contributed by atoms with E-state index in [2.05, 4.69) is 6.07 Å². The Kier molecular flexibility index (Phi) is 5.47. The summed E-state index contributed by atoms with van der Waals surface area (Å²) in [6.45, 7) is 0.444. The van der Waals surface area contributed by atoms with Gasteiger partial charge in [-0.2, -0.15) is 16.6 Å². The molecule has 0 fully saturated rings. The zero-order valence-electron chi connectivity index (χ0n) is 13.9. The third-order valence-corrected chi connectivity index (χ3v) is 4.51. The first-order valence-corrected chi connectivity index (χ1v) is 8.86. The summed E-state index contributed by atoms with van der Waals surface area (Å²) in [4.78, 5) is 11.9. The fraction of sp³-hybridized carbons (Fsp3) is 0.0476. The predicted octanol–water partition coefficient (Wildman–Crippen LogP) is 4.22. The minimum absolute atomic E-state index is 0.345. The molecule has 1 amide bonds. The van der Waals surface area contributed by atoms with Crippen LogP contribution < -0.4 is 10.5 Å². The molecule has 0 saturated heterocycles. The number of benzene rings is 2. The van der Waals surface area contributed by atoms with E-state index in [4.69, 9.17) is 10.5 Å². The number of rotatable bonds is 6. The molecule has 1 aromatic heterocycles. The van der Waals surface area contributed by atoms with E-state index < -0.39 is 5.91 Å². The Hall–Kier alpha value is -3.36. The Morgan fingerprint density at radius 1 is 1.19 bits per heavy atom. The summed E-state index contributed by atoms with van der Waals surface area (Å²) in [7, 11) is 0. The maximum Gasteiger partial charge on any atom is 0.249 e. The summed E-state index contributed by atoms with van der Waals surface area (Å²) >= 11 is 1.61. The number of thiophene rings is 1. The molecular formula is C21H16N2O2S. The molecule has 2 aromatic carbocycles. The number of nitriles is 1. The van der Waals surface area contributed by atoms with Crippen molar-refractivity contribution in [2.24, 2.45) is 5.73 Å². The second-order valence-corrected chi connectivity index (χ2v) is 6.35. The summed E-state index contributed by atoms with van der Waals surface area (Å²) in [5.74, 6) is 0.0722. The molecule has 3 aromatic rings. The molecule has 0 saturated carbocycles. The topological polar surface area (TPSA) is 76.1 Å². The smallest absolute Gasteiger partial charge is 0.249 e. The second-order valence-electron chi connectivity index (χ2n) is 5.57. The molecule has 0 aliphatic heterocycles. The van der Waals surface area contributed by atoms with Crippen LogP contribution in [0.25, 0.3) is 11.6 Å². The summed E-state index contributed by atoms with van der Waals surface area (Å²) in [6, 6.07) is 18.4. The average molecular weight is 360 g/mol. The van der Waals surface area contributed by atoms with Crippen molar-refractivity contribution in [3.05, 3.63) is 87.6 Å². The van der Waals surface area contributed by atoms with Crippen molar-refractivity contribution in [3.63, 3.8) is 0 Å². The van der Waals surface area contributed by atoms with Gasteiger partial charge in [0.25, 0.3) is 0 Å². The Labute approximate surface area is 155 Å². The van der Waals surface area contributed by atoms with Gasteiger partial charge in [-0.25, -0.2) is 0 Å². The van der Waals surface area contributed by atoms with Gasteiger partial charge in [0.05, 0.1) is 11.6 Å². The number of primary amides is 1. The lowest BCUT2D eigenvalue weighted by Gasteiger charge is -2.09. The van der Waals surface area contributed by atoms with Gasteiger partial charge in [0, 0.05) is 5.57 Å². The van der Waals surface area contributed by atoms with Gasteiger partial charge in [-0.05, 0) is 57.8 Å². The minimum atomic E-state index is -0.551. The van der Waals surface area contributed by atoms with Crippen LogP contribution in [0, 0.1) is 11.3 Å². The van der Waals surface area contributed by atoms with E-state index in [0.29, 0.717) is 34.6 Å². The van der Waals surface area contributed by atoms with Crippen LogP contribution >= 0.6 is 11.3 Å². The van der Waals surface area contributed by atoms with Crippen molar-refractivity contribution in [2.75, 3.05) is 0 Å². The van der Waals surface area contributed by atoms with Crippen molar-refractivity contribution in [1.82, 2.24) is 0 Å². The minimum Gasteiger partial charge on any atom is -0.489 e. The van der Waals surface area contributed by atoms with Crippen molar-refractivity contribution in [1.29, 1.82) is 5.26 Å². The zero-order valence-corrected chi connectivity index (χ0v) is 14.7. The molecule has 0 bridgehead atoms. The number of ether oxygens (including phenoxy) is 1. The van der Waals surface area contributed by atoms with Gasteiger partial charge in [0.2, 0.25) is 5.91 Å². The van der Waals surface area contributed by atoms with Gasteiger partial charge < -0.3 is 10.5 Å². The van der Waals surface area contributed by atoms with Gasteiger partial charge in [-0.1, -0.05) is 30.3 Å². The molecule has 4 nitrogen and oxygen atoms in total.